The predicted molar refractivity (Wildman–Crippen MR) is 123 cm³/mol. The van der Waals surface area contributed by atoms with Crippen molar-refractivity contribution in [1.82, 2.24) is 4.37 Å². The van der Waals surface area contributed by atoms with Crippen molar-refractivity contribution in [2.45, 2.75) is 26.4 Å². The molecule has 0 aliphatic carbocycles. The van der Waals surface area contributed by atoms with E-state index in [2.05, 4.69) is 4.37 Å². The standard InChI is InChI=1S/C23H20ClF3N2O4S/c1-3-32-20(31)13-29(22-21(24)14(2)28-34-22)19(30)12-15-4-8-17(9-5-15)33-18-10-6-16(7-11-18)23(25,26)27/h4-11H,3,12-13H2,1-2H3. The van der Waals surface area contributed by atoms with E-state index in [0.29, 0.717) is 27.0 Å². The van der Waals surface area contributed by atoms with Crippen LogP contribution in [0.1, 0.15) is 23.7 Å². The van der Waals surface area contributed by atoms with Crippen molar-refractivity contribution in [1.29, 1.82) is 0 Å². The van der Waals surface area contributed by atoms with E-state index < -0.39 is 17.7 Å². The topological polar surface area (TPSA) is 68.7 Å². The van der Waals surface area contributed by atoms with Crippen molar-refractivity contribution in [2.75, 3.05) is 18.1 Å². The van der Waals surface area contributed by atoms with Crippen molar-refractivity contribution >= 4 is 40.0 Å². The number of aryl methyl sites for hydroxylation is 1. The molecule has 1 amide bonds. The van der Waals surface area contributed by atoms with Crippen molar-refractivity contribution in [3.8, 4) is 11.5 Å². The summed E-state index contributed by atoms with van der Waals surface area (Å²) in [6.07, 6.45) is -4.46. The quantitative estimate of drug-likeness (QED) is 0.343. The highest BCUT2D eigenvalue weighted by Crippen LogP contribution is 2.34. The summed E-state index contributed by atoms with van der Waals surface area (Å²) in [5.74, 6) is -0.318. The van der Waals surface area contributed by atoms with E-state index in [1.807, 2.05) is 0 Å². The first-order valence-corrected chi connectivity index (χ1v) is 11.3. The van der Waals surface area contributed by atoms with E-state index in [9.17, 15) is 22.8 Å². The summed E-state index contributed by atoms with van der Waals surface area (Å²) >= 11 is 7.28. The molecule has 2 aromatic carbocycles. The van der Waals surface area contributed by atoms with Gasteiger partial charge in [-0.05, 0) is 67.3 Å². The molecule has 0 aliphatic rings. The van der Waals surface area contributed by atoms with Gasteiger partial charge < -0.3 is 9.47 Å². The molecule has 0 saturated heterocycles. The summed E-state index contributed by atoms with van der Waals surface area (Å²) in [6.45, 7) is 3.24. The molecule has 0 spiro atoms. The van der Waals surface area contributed by atoms with Gasteiger partial charge >= 0.3 is 12.1 Å². The number of esters is 1. The largest absolute Gasteiger partial charge is 0.465 e. The van der Waals surface area contributed by atoms with Gasteiger partial charge in [0.25, 0.3) is 0 Å². The second kappa shape index (κ2) is 10.9. The fraction of sp³-hybridized carbons (Fsp3) is 0.261. The fourth-order valence-corrected chi connectivity index (χ4v) is 4.02. The number of alkyl halides is 3. The van der Waals surface area contributed by atoms with Gasteiger partial charge in [0.2, 0.25) is 5.91 Å². The summed E-state index contributed by atoms with van der Waals surface area (Å²) in [5.41, 5.74) is 0.418. The number of carbonyl (C=O) groups is 2. The minimum absolute atomic E-state index is 0.0345. The summed E-state index contributed by atoms with van der Waals surface area (Å²) in [7, 11) is 0. The number of carbonyl (C=O) groups excluding carboxylic acids is 2. The molecule has 6 nitrogen and oxygen atoms in total. The van der Waals surface area contributed by atoms with E-state index in [0.717, 1.165) is 23.7 Å². The van der Waals surface area contributed by atoms with Crippen molar-refractivity contribution in [3.63, 3.8) is 0 Å². The molecule has 0 fully saturated rings. The summed E-state index contributed by atoms with van der Waals surface area (Å²) in [5, 5.41) is 0.655. The first-order valence-electron chi connectivity index (χ1n) is 10.1. The SMILES string of the molecule is CCOC(=O)CN(C(=O)Cc1ccc(Oc2ccc(C(F)(F)F)cc2)cc1)c1snc(C)c1Cl. The Kier molecular flexibility index (Phi) is 8.16. The maximum absolute atomic E-state index is 13.0. The molecule has 0 N–H and O–H groups in total. The zero-order valence-corrected chi connectivity index (χ0v) is 19.8. The number of ether oxygens (including phenoxy) is 2. The maximum Gasteiger partial charge on any atom is 0.416 e. The first kappa shape index (κ1) is 25.5. The van der Waals surface area contributed by atoms with E-state index >= 15 is 0 Å². The average Bonchev–Trinajstić information content (AvgIpc) is 3.11. The molecule has 0 bridgehead atoms. The minimum Gasteiger partial charge on any atom is -0.465 e. The van der Waals surface area contributed by atoms with Crippen LogP contribution in [0.25, 0.3) is 0 Å². The third-order valence-electron chi connectivity index (χ3n) is 4.61. The monoisotopic (exact) mass is 512 g/mol. The van der Waals surface area contributed by atoms with Gasteiger partial charge in [-0.2, -0.15) is 17.5 Å². The van der Waals surface area contributed by atoms with Gasteiger partial charge in [0.1, 0.15) is 23.0 Å². The van der Waals surface area contributed by atoms with E-state index in [1.54, 1.807) is 38.1 Å². The first-order chi connectivity index (χ1) is 16.1. The Morgan fingerprint density at radius 1 is 1.06 bits per heavy atom. The Labute approximate surface area is 203 Å². The zero-order chi connectivity index (χ0) is 24.9. The van der Waals surface area contributed by atoms with Gasteiger partial charge in [0.15, 0.2) is 0 Å². The van der Waals surface area contributed by atoms with E-state index in [4.69, 9.17) is 21.1 Å². The average molecular weight is 513 g/mol. The molecule has 1 heterocycles. The molecular weight excluding hydrogens is 493 g/mol. The Morgan fingerprint density at radius 3 is 2.15 bits per heavy atom. The van der Waals surface area contributed by atoms with Gasteiger partial charge in [0.05, 0.1) is 29.3 Å². The third kappa shape index (κ3) is 6.48. The molecule has 0 aliphatic heterocycles. The number of rotatable bonds is 8. The maximum atomic E-state index is 13.0. The minimum atomic E-state index is -4.42. The molecule has 0 radical (unpaired) electrons. The van der Waals surface area contributed by atoms with Crippen molar-refractivity contribution in [2.24, 2.45) is 0 Å². The molecule has 3 rings (SSSR count). The number of aromatic nitrogens is 1. The van der Waals surface area contributed by atoms with Crippen LogP contribution in [0.2, 0.25) is 5.02 Å². The summed E-state index contributed by atoms with van der Waals surface area (Å²) in [4.78, 5) is 26.3. The number of anilines is 1. The Balaban J connectivity index is 1.70. The van der Waals surface area contributed by atoms with Gasteiger partial charge in [-0.25, -0.2) is 0 Å². The number of hydrogen-bond acceptors (Lipinski definition) is 6. The normalized spacial score (nSPS) is 11.2. The van der Waals surface area contributed by atoms with Crippen LogP contribution in [0, 0.1) is 6.92 Å². The van der Waals surface area contributed by atoms with Crippen LogP contribution in [-0.2, 0) is 26.9 Å². The number of amides is 1. The Bertz CT molecular complexity index is 1150. The van der Waals surface area contributed by atoms with Crippen LogP contribution >= 0.6 is 23.1 Å². The van der Waals surface area contributed by atoms with Crippen LogP contribution in [0.15, 0.2) is 48.5 Å². The highest BCUT2D eigenvalue weighted by molar-refractivity contribution is 7.11. The van der Waals surface area contributed by atoms with Gasteiger partial charge in [-0.15, -0.1) is 0 Å². The second-order valence-corrected chi connectivity index (χ2v) is 8.25. The molecule has 34 heavy (non-hydrogen) atoms. The fourth-order valence-electron chi connectivity index (χ4n) is 2.92. The van der Waals surface area contributed by atoms with Gasteiger partial charge in [0, 0.05) is 0 Å². The highest BCUT2D eigenvalue weighted by Gasteiger charge is 2.30. The number of benzene rings is 2. The predicted octanol–water partition coefficient (Wildman–Crippen LogP) is 6.05. The van der Waals surface area contributed by atoms with Crippen molar-refractivity contribution < 1.29 is 32.2 Å². The van der Waals surface area contributed by atoms with E-state index in [1.165, 1.54) is 17.0 Å². The number of halogens is 4. The van der Waals surface area contributed by atoms with Gasteiger partial charge in [-0.3, -0.25) is 14.5 Å². The summed E-state index contributed by atoms with van der Waals surface area (Å²) < 4.78 is 52.7. The smallest absolute Gasteiger partial charge is 0.416 e. The molecule has 1 aromatic heterocycles. The van der Waals surface area contributed by atoms with Crippen LogP contribution in [-0.4, -0.2) is 29.4 Å². The Morgan fingerprint density at radius 2 is 1.65 bits per heavy atom. The summed E-state index contributed by atoms with van der Waals surface area (Å²) in [6, 6.07) is 10.8. The molecule has 0 unspecified atom stereocenters. The van der Waals surface area contributed by atoms with Crippen LogP contribution in [0.5, 0.6) is 11.5 Å². The Hall–Kier alpha value is -3.11. The molecule has 11 heteroatoms. The van der Waals surface area contributed by atoms with Crippen LogP contribution in [0.3, 0.4) is 0 Å². The lowest BCUT2D eigenvalue weighted by Gasteiger charge is -2.20. The molecule has 0 saturated carbocycles. The lowest BCUT2D eigenvalue weighted by molar-refractivity contribution is -0.142. The molecular formula is C23H20ClF3N2O4S. The zero-order valence-electron chi connectivity index (χ0n) is 18.2. The van der Waals surface area contributed by atoms with Crippen LogP contribution in [0.4, 0.5) is 18.2 Å². The highest BCUT2D eigenvalue weighted by atomic mass is 35.5. The van der Waals surface area contributed by atoms with Gasteiger partial charge in [-0.1, -0.05) is 23.7 Å². The molecule has 0 atom stereocenters. The molecule has 3 aromatic rings. The molecule has 180 valence electrons. The second-order valence-electron chi connectivity index (χ2n) is 7.12. The third-order valence-corrected chi connectivity index (χ3v) is 6.14. The number of hydrogen-bond donors (Lipinski definition) is 0. The van der Waals surface area contributed by atoms with E-state index in [-0.39, 0.29) is 31.2 Å². The number of nitrogens with zero attached hydrogens (tertiary/aromatic N) is 2. The lowest BCUT2D eigenvalue weighted by Crippen LogP contribution is -2.37. The van der Waals surface area contributed by atoms with Crippen LogP contribution < -0.4 is 9.64 Å². The lowest BCUT2D eigenvalue weighted by atomic mass is 10.1. The van der Waals surface area contributed by atoms with Crippen molar-refractivity contribution in [3.05, 3.63) is 70.4 Å².